The summed E-state index contributed by atoms with van der Waals surface area (Å²) in [5.74, 6) is 0. The average Bonchev–Trinajstić information content (AvgIpc) is 2.67. The summed E-state index contributed by atoms with van der Waals surface area (Å²) >= 11 is 0. The monoisotopic (exact) mass is 213 g/mol. The molecule has 0 aromatic carbocycles. The Balaban J connectivity index is 1.93. The van der Waals surface area contributed by atoms with Crippen molar-refractivity contribution >= 4 is 0 Å². The van der Waals surface area contributed by atoms with E-state index >= 15 is 0 Å². The van der Waals surface area contributed by atoms with Crippen LogP contribution in [0.1, 0.15) is 25.7 Å². The van der Waals surface area contributed by atoms with Crippen molar-refractivity contribution in [3.63, 3.8) is 0 Å². The maximum atomic E-state index is 3.55. The summed E-state index contributed by atoms with van der Waals surface area (Å²) in [6.07, 6.45) is 5.45. The number of nitrogens with zero attached hydrogens (tertiary/aromatic N) is 2. The first-order chi connectivity index (χ1) is 7.18. The van der Waals surface area contributed by atoms with Gasteiger partial charge in [0.2, 0.25) is 0 Å². The van der Waals surface area contributed by atoms with E-state index in [4.69, 9.17) is 0 Å². The molecule has 0 amide bonds. The number of hydrogen-bond donors (Lipinski definition) is 1. The molecular weight excluding hydrogens is 186 g/mol. The summed E-state index contributed by atoms with van der Waals surface area (Å²) in [7, 11) is 6.50. The van der Waals surface area contributed by atoms with Crippen LogP contribution in [0.4, 0.5) is 0 Å². The third kappa shape index (κ3) is 6.13. The molecule has 0 aromatic heterocycles. The van der Waals surface area contributed by atoms with E-state index in [9.17, 15) is 0 Å². The molecule has 1 saturated heterocycles. The fourth-order valence-corrected chi connectivity index (χ4v) is 2.09. The van der Waals surface area contributed by atoms with E-state index in [1.807, 2.05) is 0 Å². The van der Waals surface area contributed by atoms with E-state index in [1.54, 1.807) is 0 Å². The lowest BCUT2D eigenvalue weighted by Crippen LogP contribution is -2.30. The summed E-state index contributed by atoms with van der Waals surface area (Å²) < 4.78 is 0. The molecule has 1 aliphatic heterocycles. The van der Waals surface area contributed by atoms with Crippen LogP contribution in [0, 0.1) is 0 Å². The van der Waals surface area contributed by atoms with Gasteiger partial charge in [-0.15, -0.1) is 0 Å². The van der Waals surface area contributed by atoms with Crippen LogP contribution in [0.25, 0.3) is 0 Å². The Morgan fingerprint density at radius 2 is 1.93 bits per heavy atom. The van der Waals surface area contributed by atoms with Gasteiger partial charge in [-0.05, 0) is 59.9 Å². The first-order valence-electron chi connectivity index (χ1n) is 6.25. The third-order valence-corrected chi connectivity index (χ3v) is 3.18. The lowest BCUT2D eigenvalue weighted by atomic mass is 10.1. The molecule has 0 aliphatic carbocycles. The fourth-order valence-electron chi connectivity index (χ4n) is 2.09. The van der Waals surface area contributed by atoms with E-state index in [1.165, 1.54) is 45.3 Å². The van der Waals surface area contributed by atoms with Crippen molar-refractivity contribution in [3.05, 3.63) is 0 Å². The Hall–Kier alpha value is -0.120. The smallest absolute Gasteiger partial charge is 0.0106 e. The molecule has 1 fully saturated rings. The van der Waals surface area contributed by atoms with Gasteiger partial charge in [-0.3, -0.25) is 0 Å². The second kappa shape index (κ2) is 7.20. The minimum atomic E-state index is 0.812. The van der Waals surface area contributed by atoms with Crippen molar-refractivity contribution in [3.8, 4) is 0 Å². The molecule has 1 N–H and O–H groups in total. The van der Waals surface area contributed by atoms with Crippen LogP contribution in [0.5, 0.6) is 0 Å². The van der Waals surface area contributed by atoms with Crippen LogP contribution in [0.3, 0.4) is 0 Å². The Morgan fingerprint density at radius 1 is 1.13 bits per heavy atom. The molecule has 1 aliphatic rings. The summed E-state index contributed by atoms with van der Waals surface area (Å²) in [5, 5.41) is 3.55. The Kier molecular flexibility index (Phi) is 6.22. The van der Waals surface area contributed by atoms with Gasteiger partial charge in [0.15, 0.2) is 0 Å². The molecule has 1 unspecified atom stereocenters. The van der Waals surface area contributed by atoms with E-state index in [0.29, 0.717) is 0 Å². The normalized spacial score (nSPS) is 21.8. The van der Waals surface area contributed by atoms with Crippen LogP contribution in [-0.4, -0.2) is 63.2 Å². The summed E-state index contributed by atoms with van der Waals surface area (Å²) in [4.78, 5) is 4.68. The first kappa shape index (κ1) is 12.9. The quantitative estimate of drug-likeness (QED) is 0.681. The van der Waals surface area contributed by atoms with Crippen molar-refractivity contribution in [2.75, 3.05) is 47.3 Å². The van der Waals surface area contributed by atoms with Crippen molar-refractivity contribution in [1.82, 2.24) is 15.1 Å². The van der Waals surface area contributed by atoms with Crippen LogP contribution in [0.2, 0.25) is 0 Å². The maximum Gasteiger partial charge on any atom is 0.0106 e. The summed E-state index contributed by atoms with van der Waals surface area (Å²) in [6, 6.07) is 0.812. The van der Waals surface area contributed by atoms with Crippen LogP contribution < -0.4 is 5.32 Å². The standard InChI is InChI=1S/C12H27N3/c1-14(2)10-11-15(3)9-5-7-12-6-4-8-13-12/h12-13H,4-11H2,1-3H3. The molecule has 1 rings (SSSR count). The van der Waals surface area contributed by atoms with Crippen LogP contribution in [0.15, 0.2) is 0 Å². The van der Waals surface area contributed by atoms with Gasteiger partial charge in [0.1, 0.15) is 0 Å². The highest BCUT2D eigenvalue weighted by Gasteiger charge is 2.13. The minimum absolute atomic E-state index is 0.812. The molecule has 0 aromatic rings. The first-order valence-corrected chi connectivity index (χ1v) is 6.25. The molecule has 15 heavy (non-hydrogen) atoms. The molecule has 0 bridgehead atoms. The van der Waals surface area contributed by atoms with Gasteiger partial charge in [-0.2, -0.15) is 0 Å². The highest BCUT2D eigenvalue weighted by molar-refractivity contribution is 4.74. The molecule has 90 valence electrons. The topological polar surface area (TPSA) is 18.5 Å². The molecule has 1 atom stereocenters. The molecule has 1 heterocycles. The Labute approximate surface area is 94.8 Å². The lowest BCUT2D eigenvalue weighted by molar-refractivity contribution is 0.274. The maximum absolute atomic E-state index is 3.55. The second-order valence-electron chi connectivity index (χ2n) is 5.04. The molecular formula is C12H27N3. The molecule has 3 heteroatoms. The van der Waals surface area contributed by atoms with Crippen LogP contribution >= 0.6 is 0 Å². The molecule has 3 nitrogen and oxygen atoms in total. The third-order valence-electron chi connectivity index (χ3n) is 3.18. The van der Waals surface area contributed by atoms with Crippen molar-refractivity contribution < 1.29 is 0 Å². The van der Waals surface area contributed by atoms with Gasteiger partial charge in [0.05, 0.1) is 0 Å². The van der Waals surface area contributed by atoms with Gasteiger partial charge < -0.3 is 15.1 Å². The van der Waals surface area contributed by atoms with Crippen molar-refractivity contribution in [2.45, 2.75) is 31.7 Å². The highest BCUT2D eigenvalue weighted by Crippen LogP contribution is 2.10. The van der Waals surface area contributed by atoms with Crippen molar-refractivity contribution in [2.24, 2.45) is 0 Å². The van der Waals surface area contributed by atoms with Crippen LogP contribution in [-0.2, 0) is 0 Å². The molecule has 0 saturated carbocycles. The van der Waals surface area contributed by atoms with Gasteiger partial charge in [-0.25, -0.2) is 0 Å². The van der Waals surface area contributed by atoms with E-state index in [2.05, 4.69) is 36.3 Å². The van der Waals surface area contributed by atoms with E-state index in [-0.39, 0.29) is 0 Å². The average molecular weight is 213 g/mol. The Bertz CT molecular complexity index is 153. The predicted molar refractivity (Wildman–Crippen MR) is 66.3 cm³/mol. The predicted octanol–water partition coefficient (Wildman–Crippen LogP) is 1.01. The zero-order chi connectivity index (χ0) is 11.1. The summed E-state index contributed by atoms with van der Waals surface area (Å²) in [6.45, 7) is 4.83. The zero-order valence-corrected chi connectivity index (χ0v) is 10.6. The number of likely N-dealkylation sites (N-methyl/N-ethyl adjacent to an activating group) is 2. The van der Waals surface area contributed by atoms with Gasteiger partial charge >= 0.3 is 0 Å². The largest absolute Gasteiger partial charge is 0.314 e. The molecule has 0 spiro atoms. The SMILES string of the molecule is CN(C)CCN(C)CCCC1CCCN1. The molecule has 0 radical (unpaired) electrons. The summed E-state index contributed by atoms with van der Waals surface area (Å²) in [5.41, 5.74) is 0. The van der Waals surface area contributed by atoms with Gasteiger partial charge in [0, 0.05) is 19.1 Å². The second-order valence-corrected chi connectivity index (χ2v) is 5.04. The fraction of sp³-hybridized carbons (Fsp3) is 1.00. The van der Waals surface area contributed by atoms with Gasteiger partial charge in [-0.1, -0.05) is 0 Å². The van der Waals surface area contributed by atoms with Crippen molar-refractivity contribution in [1.29, 1.82) is 0 Å². The number of nitrogens with one attached hydrogen (secondary N) is 1. The Morgan fingerprint density at radius 3 is 2.53 bits per heavy atom. The highest BCUT2D eigenvalue weighted by atomic mass is 15.1. The number of hydrogen-bond acceptors (Lipinski definition) is 3. The minimum Gasteiger partial charge on any atom is -0.314 e. The van der Waals surface area contributed by atoms with E-state index < -0.39 is 0 Å². The van der Waals surface area contributed by atoms with E-state index in [0.717, 1.165) is 12.6 Å². The van der Waals surface area contributed by atoms with Gasteiger partial charge in [0.25, 0.3) is 0 Å². The number of rotatable bonds is 7. The zero-order valence-electron chi connectivity index (χ0n) is 10.6. The lowest BCUT2D eigenvalue weighted by Gasteiger charge is -2.20.